The minimum absolute atomic E-state index is 0.0915. The highest BCUT2D eigenvalue weighted by Gasteiger charge is 2.45. The van der Waals surface area contributed by atoms with Gasteiger partial charge in [0.1, 0.15) is 12.4 Å². The van der Waals surface area contributed by atoms with E-state index >= 15 is 0 Å². The summed E-state index contributed by atoms with van der Waals surface area (Å²) >= 11 is 0. The van der Waals surface area contributed by atoms with Crippen molar-refractivity contribution in [3.63, 3.8) is 0 Å². The van der Waals surface area contributed by atoms with Crippen molar-refractivity contribution < 1.29 is 24.6 Å². The lowest BCUT2D eigenvalue weighted by Gasteiger charge is -2.31. The van der Waals surface area contributed by atoms with Crippen LogP contribution < -0.4 is 5.56 Å². The molecule has 1 aromatic carbocycles. The number of benzene rings is 1. The number of pyridine rings is 2. The molecule has 0 spiro atoms. The number of esters is 1. The zero-order valence-corrected chi connectivity index (χ0v) is 18.0. The van der Waals surface area contributed by atoms with Crippen LogP contribution in [0.1, 0.15) is 35.6 Å². The third-order valence-electron chi connectivity index (χ3n) is 6.25. The summed E-state index contributed by atoms with van der Waals surface area (Å²) < 4.78 is 6.69. The molecule has 0 saturated carbocycles. The number of phenols is 1. The van der Waals surface area contributed by atoms with Crippen molar-refractivity contribution in [3.05, 3.63) is 56.9 Å². The van der Waals surface area contributed by atoms with Crippen LogP contribution in [-0.4, -0.2) is 44.9 Å². The van der Waals surface area contributed by atoms with Crippen LogP contribution in [0.5, 0.6) is 5.75 Å². The van der Waals surface area contributed by atoms with Gasteiger partial charge in [-0.15, -0.1) is 0 Å². The molecular formula is C23H23N3O6. The first-order chi connectivity index (χ1) is 15.2. The van der Waals surface area contributed by atoms with E-state index in [1.165, 1.54) is 0 Å². The molecular weight excluding hydrogens is 414 g/mol. The molecule has 166 valence electrons. The Balaban J connectivity index is 1.70. The molecule has 0 aliphatic carbocycles. The Labute approximate surface area is 183 Å². The predicted molar refractivity (Wildman–Crippen MR) is 115 cm³/mol. The molecule has 4 heterocycles. The van der Waals surface area contributed by atoms with Gasteiger partial charge in [0.25, 0.3) is 5.56 Å². The van der Waals surface area contributed by atoms with Crippen LogP contribution in [0.4, 0.5) is 0 Å². The Kier molecular flexibility index (Phi) is 4.59. The molecule has 0 amide bonds. The van der Waals surface area contributed by atoms with Gasteiger partial charge in [-0.2, -0.15) is 5.06 Å². The third kappa shape index (κ3) is 2.85. The number of nitrogens with zero attached hydrogens (tertiary/aromatic N) is 3. The number of carbonyl (C=O) groups excluding carboxylic acids is 1. The maximum atomic E-state index is 13.2. The molecule has 0 unspecified atom stereocenters. The number of phenolic OH excluding ortho intramolecular Hbond substituents is 1. The molecule has 0 bridgehead atoms. The zero-order chi connectivity index (χ0) is 22.8. The predicted octanol–water partition coefficient (Wildman–Crippen LogP) is 1.78. The fraction of sp³-hybridized carbons (Fsp3) is 0.348. The van der Waals surface area contributed by atoms with Gasteiger partial charge in [0.15, 0.2) is 5.60 Å². The van der Waals surface area contributed by atoms with E-state index in [-0.39, 0.29) is 42.1 Å². The van der Waals surface area contributed by atoms with Gasteiger partial charge in [-0.3, -0.25) is 9.63 Å². The van der Waals surface area contributed by atoms with Crippen molar-refractivity contribution in [2.24, 2.45) is 0 Å². The summed E-state index contributed by atoms with van der Waals surface area (Å²) in [5.74, 6) is -0.643. The summed E-state index contributed by atoms with van der Waals surface area (Å²) in [6.07, 6.45) is 0.0915. The van der Waals surface area contributed by atoms with E-state index in [1.54, 1.807) is 48.8 Å². The molecule has 2 N–H and O–H groups in total. The van der Waals surface area contributed by atoms with Gasteiger partial charge < -0.3 is 19.5 Å². The lowest BCUT2D eigenvalue weighted by Crippen LogP contribution is -2.44. The number of carbonyl (C=O) groups is 1. The minimum Gasteiger partial charge on any atom is -0.508 e. The average Bonchev–Trinajstić information content (AvgIpc) is 3.12. The highest BCUT2D eigenvalue weighted by Crippen LogP contribution is 2.39. The molecule has 9 nitrogen and oxygen atoms in total. The number of cyclic esters (lactones) is 1. The standard InChI is InChI=1S/C23H23N3O6/c1-4-23(30)16-8-18-20-12(9-26(18)21(28)15(16)10-31-22(23)29)7-13-14(11-32-25(2)3)19(27)6-5-17(13)24-20/h5-8,27,30H,4,9-11H2,1-3H3/t23-/m0/s1. The van der Waals surface area contributed by atoms with Crippen LogP contribution >= 0.6 is 0 Å². The van der Waals surface area contributed by atoms with Crippen molar-refractivity contribution in [1.29, 1.82) is 0 Å². The van der Waals surface area contributed by atoms with E-state index in [1.807, 2.05) is 6.07 Å². The Morgan fingerprint density at radius 3 is 2.78 bits per heavy atom. The number of rotatable bonds is 4. The van der Waals surface area contributed by atoms with E-state index < -0.39 is 11.6 Å². The van der Waals surface area contributed by atoms with Crippen molar-refractivity contribution >= 4 is 16.9 Å². The molecule has 9 heteroatoms. The van der Waals surface area contributed by atoms with Gasteiger partial charge in [0.05, 0.1) is 35.6 Å². The van der Waals surface area contributed by atoms with Gasteiger partial charge >= 0.3 is 5.97 Å². The molecule has 2 aromatic heterocycles. The molecule has 0 saturated heterocycles. The molecule has 2 aliphatic heterocycles. The topological polar surface area (TPSA) is 114 Å². The molecule has 1 atom stereocenters. The van der Waals surface area contributed by atoms with Crippen molar-refractivity contribution in [2.75, 3.05) is 14.1 Å². The zero-order valence-electron chi connectivity index (χ0n) is 18.0. The number of ether oxygens (including phenoxy) is 1. The lowest BCUT2D eigenvalue weighted by atomic mass is 9.86. The number of fused-ring (bicyclic) bond motifs is 5. The quantitative estimate of drug-likeness (QED) is 0.367. The van der Waals surface area contributed by atoms with Crippen LogP contribution in [-0.2, 0) is 39.7 Å². The smallest absolute Gasteiger partial charge is 0.343 e. The first kappa shape index (κ1) is 20.6. The fourth-order valence-corrected chi connectivity index (χ4v) is 4.44. The van der Waals surface area contributed by atoms with Crippen molar-refractivity contribution in [1.82, 2.24) is 14.6 Å². The molecule has 32 heavy (non-hydrogen) atoms. The monoisotopic (exact) mass is 437 g/mol. The SMILES string of the molecule is CC[C@@]1(O)C(=O)OCc2c1cc1n(c2=O)Cc2cc3c(CON(C)C)c(O)ccc3nc2-1. The van der Waals surface area contributed by atoms with Gasteiger partial charge in [-0.05, 0) is 30.7 Å². The first-order valence-electron chi connectivity index (χ1n) is 10.4. The van der Waals surface area contributed by atoms with Crippen LogP contribution in [0.3, 0.4) is 0 Å². The van der Waals surface area contributed by atoms with Crippen LogP contribution in [0.2, 0.25) is 0 Å². The second-order valence-corrected chi connectivity index (χ2v) is 8.31. The van der Waals surface area contributed by atoms with Crippen molar-refractivity contribution in [3.8, 4) is 17.1 Å². The van der Waals surface area contributed by atoms with E-state index in [9.17, 15) is 19.8 Å². The number of aliphatic hydroxyl groups is 1. The summed E-state index contributed by atoms with van der Waals surface area (Å²) in [5.41, 5.74) is 1.62. The van der Waals surface area contributed by atoms with Gasteiger partial charge in [0.2, 0.25) is 0 Å². The first-order valence-corrected chi connectivity index (χ1v) is 10.4. The number of hydrogen-bond acceptors (Lipinski definition) is 8. The minimum atomic E-state index is -1.86. The molecule has 5 rings (SSSR count). The highest BCUT2D eigenvalue weighted by molar-refractivity contribution is 5.89. The summed E-state index contributed by atoms with van der Waals surface area (Å²) in [5, 5.41) is 23.6. The largest absolute Gasteiger partial charge is 0.508 e. The molecule has 3 aromatic rings. The molecule has 2 aliphatic rings. The van der Waals surface area contributed by atoms with Crippen LogP contribution in [0.15, 0.2) is 29.1 Å². The average molecular weight is 437 g/mol. The van der Waals surface area contributed by atoms with Gasteiger partial charge in [-0.1, -0.05) is 6.92 Å². The lowest BCUT2D eigenvalue weighted by molar-refractivity contribution is -0.172. The van der Waals surface area contributed by atoms with E-state index in [0.717, 1.165) is 10.9 Å². The number of aromatic nitrogens is 2. The Bertz CT molecular complexity index is 1350. The second kappa shape index (κ2) is 7.13. The van der Waals surface area contributed by atoms with E-state index in [2.05, 4.69) is 0 Å². The van der Waals surface area contributed by atoms with Crippen LogP contribution in [0.25, 0.3) is 22.3 Å². The van der Waals surface area contributed by atoms with Crippen molar-refractivity contribution in [2.45, 2.75) is 38.7 Å². The van der Waals surface area contributed by atoms with Gasteiger partial charge in [-0.25, -0.2) is 9.78 Å². The summed E-state index contributed by atoms with van der Waals surface area (Å²) in [6.45, 7) is 1.97. The van der Waals surface area contributed by atoms with E-state index in [0.29, 0.717) is 29.0 Å². The Morgan fingerprint density at radius 1 is 1.28 bits per heavy atom. The summed E-state index contributed by atoms with van der Waals surface area (Å²) in [4.78, 5) is 35.8. The molecule has 0 radical (unpaired) electrons. The number of hydrogen-bond donors (Lipinski definition) is 2. The fourth-order valence-electron chi connectivity index (χ4n) is 4.44. The summed E-state index contributed by atoms with van der Waals surface area (Å²) in [7, 11) is 3.52. The highest BCUT2D eigenvalue weighted by atomic mass is 16.7. The van der Waals surface area contributed by atoms with Crippen LogP contribution in [0, 0.1) is 0 Å². The third-order valence-corrected chi connectivity index (χ3v) is 6.25. The maximum Gasteiger partial charge on any atom is 0.343 e. The second-order valence-electron chi connectivity index (χ2n) is 8.31. The van der Waals surface area contributed by atoms with Gasteiger partial charge in [0, 0.05) is 36.2 Å². The van der Waals surface area contributed by atoms with E-state index in [4.69, 9.17) is 14.6 Å². The maximum absolute atomic E-state index is 13.2. The molecule has 0 fully saturated rings. The number of hydroxylamine groups is 2. The Morgan fingerprint density at radius 2 is 2.06 bits per heavy atom. The Hall–Kier alpha value is -3.27. The normalized spacial score (nSPS) is 19.1. The number of aromatic hydroxyl groups is 1. The summed E-state index contributed by atoms with van der Waals surface area (Å²) in [6, 6.07) is 6.87.